The summed E-state index contributed by atoms with van der Waals surface area (Å²) in [4.78, 5) is 0. The van der Waals surface area contributed by atoms with Crippen molar-refractivity contribution in [2.45, 2.75) is 6.36 Å². The molecule has 0 unspecified atom stereocenters. The largest absolute Gasteiger partial charge is 0.573 e. The van der Waals surface area contributed by atoms with Crippen molar-refractivity contribution in [3.05, 3.63) is 46.9 Å². The van der Waals surface area contributed by atoms with Crippen LogP contribution in [-0.4, -0.2) is 6.36 Å². The highest BCUT2D eigenvalue weighted by Gasteiger charge is 2.32. The summed E-state index contributed by atoms with van der Waals surface area (Å²) in [5.74, 6) is -0.317. The molecule has 0 aliphatic carbocycles. The highest BCUT2D eigenvalue weighted by molar-refractivity contribution is 9.10. The van der Waals surface area contributed by atoms with Crippen LogP contribution in [0.15, 0.2) is 46.9 Å². The zero-order valence-corrected chi connectivity index (χ0v) is 11.6. The number of anilines is 3. The first-order valence-electron chi connectivity index (χ1n) is 5.52. The van der Waals surface area contributed by atoms with Crippen LogP contribution >= 0.6 is 15.9 Å². The van der Waals surface area contributed by atoms with E-state index in [0.29, 0.717) is 11.4 Å². The molecule has 0 fully saturated rings. The molecule has 2 aromatic rings. The zero-order chi connectivity index (χ0) is 14.8. The molecule has 0 aliphatic rings. The highest BCUT2D eigenvalue weighted by atomic mass is 79.9. The van der Waals surface area contributed by atoms with Crippen LogP contribution in [0.5, 0.6) is 5.75 Å². The maximum atomic E-state index is 12.3. The number of benzene rings is 2. The van der Waals surface area contributed by atoms with E-state index >= 15 is 0 Å². The smallest absolute Gasteiger partial charge is 0.404 e. The standard InChI is InChI=1S/C13H10BrF3N2O/c14-8-5-6-10(9(18)7-8)19-11-3-1-2-4-12(11)20-13(15,16)17/h1-7,19H,18H2. The molecule has 0 saturated heterocycles. The maximum absolute atomic E-state index is 12.3. The molecule has 0 aromatic heterocycles. The average molecular weight is 347 g/mol. The number of nitrogen functional groups attached to an aromatic ring is 1. The Morgan fingerprint density at radius 2 is 1.75 bits per heavy atom. The monoisotopic (exact) mass is 346 g/mol. The summed E-state index contributed by atoms with van der Waals surface area (Å²) in [7, 11) is 0. The van der Waals surface area contributed by atoms with Crippen LogP contribution in [0.3, 0.4) is 0 Å². The van der Waals surface area contributed by atoms with Gasteiger partial charge in [-0.25, -0.2) is 0 Å². The number of alkyl halides is 3. The lowest BCUT2D eigenvalue weighted by Gasteiger charge is -2.15. The van der Waals surface area contributed by atoms with E-state index in [1.165, 1.54) is 18.2 Å². The maximum Gasteiger partial charge on any atom is 0.573 e. The molecule has 0 radical (unpaired) electrons. The van der Waals surface area contributed by atoms with Crippen molar-refractivity contribution in [1.29, 1.82) is 0 Å². The highest BCUT2D eigenvalue weighted by Crippen LogP contribution is 2.34. The van der Waals surface area contributed by atoms with Crippen LogP contribution < -0.4 is 15.8 Å². The summed E-state index contributed by atoms with van der Waals surface area (Å²) in [6, 6.07) is 10.8. The van der Waals surface area contributed by atoms with Crippen molar-refractivity contribution in [2.24, 2.45) is 0 Å². The van der Waals surface area contributed by atoms with Crippen molar-refractivity contribution in [3.63, 3.8) is 0 Å². The Morgan fingerprint density at radius 1 is 1.05 bits per heavy atom. The molecule has 2 aromatic carbocycles. The Labute approximate surface area is 121 Å². The molecule has 106 valence electrons. The third-order valence-corrected chi connectivity index (χ3v) is 2.89. The number of para-hydroxylation sites is 2. The Morgan fingerprint density at radius 3 is 2.40 bits per heavy atom. The molecular weight excluding hydrogens is 337 g/mol. The van der Waals surface area contributed by atoms with Crippen LogP contribution in [0.4, 0.5) is 30.2 Å². The molecular formula is C13H10BrF3N2O. The summed E-state index contributed by atoms with van der Waals surface area (Å²) in [6.07, 6.45) is -4.75. The molecule has 3 N–H and O–H groups in total. The van der Waals surface area contributed by atoms with Gasteiger partial charge in [0.25, 0.3) is 0 Å². The van der Waals surface area contributed by atoms with E-state index in [1.807, 2.05) is 0 Å². The molecule has 0 heterocycles. The minimum Gasteiger partial charge on any atom is -0.404 e. The van der Waals surface area contributed by atoms with Gasteiger partial charge in [0.05, 0.1) is 17.1 Å². The summed E-state index contributed by atoms with van der Waals surface area (Å²) in [5, 5.41) is 2.82. The molecule has 20 heavy (non-hydrogen) atoms. The third kappa shape index (κ3) is 3.80. The number of nitrogens with one attached hydrogen (secondary N) is 1. The summed E-state index contributed by atoms with van der Waals surface area (Å²) in [6.45, 7) is 0. The SMILES string of the molecule is Nc1cc(Br)ccc1Nc1ccccc1OC(F)(F)F. The molecule has 0 amide bonds. The number of ether oxygens (including phenoxy) is 1. The van der Waals surface area contributed by atoms with Crippen LogP contribution in [0.2, 0.25) is 0 Å². The summed E-state index contributed by atoms with van der Waals surface area (Å²) < 4.78 is 41.7. The van der Waals surface area contributed by atoms with Gasteiger partial charge in [-0.3, -0.25) is 0 Å². The van der Waals surface area contributed by atoms with Gasteiger partial charge in [-0.15, -0.1) is 13.2 Å². The minimum absolute atomic E-state index is 0.179. The van der Waals surface area contributed by atoms with E-state index < -0.39 is 6.36 Å². The predicted molar refractivity (Wildman–Crippen MR) is 75.0 cm³/mol. The Hall–Kier alpha value is -1.89. The van der Waals surface area contributed by atoms with Gasteiger partial charge >= 0.3 is 6.36 Å². The second kappa shape index (κ2) is 5.62. The molecule has 0 spiro atoms. The quantitative estimate of drug-likeness (QED) is 0.793. The van der Waals surface area contributed by atoms with E-state index in [-0.39, 0.29) is 11.4 Å². The molecule has 0 bridgehead atoms. The van der Waals surface area contributed by atoms with E-state index in [4.69, 9.17) is 5.73 Å². The van der Waals surface area contributed by atoms with Crippen LogP contribution in [-0.2, 0) is 0 Å². The van der Waals surface area contributed by atoms with Gasteiger partial charge in [-0.2, -0.15) is 0 Å². The van der Waals surface area contributed by atoms with Crippen LogP contribution in [0.25, 0.3) is 0 Å². The molecule has 0 aliphatic heterocycles. The number of nitrogens with two attached hydrogens (primary N) is 1. The van der Waals surface area contributed by atoms with E-state index in [1.54, 1.807) is 24.3 Å². The Bertz CT molecular complexity index is 617. The number of halogens is 4. The zero-order valence-electron chi connectivity index (χ0n) is 10.0. The van der Waals surface area contributed by atoms with Gasteiger partial charge in [0.1, 0.15) is 0 Å². The lowest BCUT2D eigenvalue weighted by atomic mass is 10.2. The second-order valence-corrected chi connectivity index (χ2v) is 4.82. The van der Waals surface area contributed by atoms with Crippen molar-refractivity contribution < 1.29 is 17.9 Å². The number of hydrogen-bond donors (Lipinski definition) is 2. The molecule has 3 nitrogen and oxygen atoms in total. The fourth-order valence-corrected chi connectivity index (χ4v) is 1.95. The predicted octanol–water partition coefficient (Wildman–Crippen LogP) is 4.67. The number of hydrogen-bond acceptors (Lipinski definition) is 3. The van der Waals surface area contributed by atoms with Crippen LogP contribution in [0, 0.1) is 0 Å². The minimum atomic E-state index is -4.75. The summed E-state index contributed by atoms with van der Waals surface area (Å²) >= 11 is 3.25. The Kier molecular flexibility index (Phi) is 4.08. The Balaban J connectivity index is 2.29. The fraction of sp³-hybridized carbons (Fsp3) is 0.0769. The second-order valence-electron chi connectivity index (χ2n) is 3.90. The molecule has 0 atom stereocenters. The third-order valence-electron chi connectivity index (χ3n) is 2.40. The van der Waals surface area contributed by atoms with Gasteiger partial charge in [0.15, 0.2) is 5.75 Å². The average Bonchev–Trinajstić information content (AvgIpc) is 2.33. The first-order valence-corrected chi connectivity index (χ1v) is 6.31. The van der Waals surface area contributed by atoms with E-state index in [9.17, 15) is 13.2 Å². The molecule has 2 rings (SSSR count). The first kappa shape index (κ1) is 14.5. The summed E-state index contributed by atoms with van der Waals surface area (Å²) in [5.41, 5.74) is 6.87. The van der Waals surface area contributed by atoms with Gasteiger partial charge in [-0.1, -0.05) is 28.1 Å². The lowest BCUT2D eigenvalue weighted by Crippen LogP contribution is -2.17. The first-order chi connectivity index (χ1) is 9.35. The normalized spacial score (nSPS) is 11.2. The van der Waals surface area contributed by atoms with Gasteiger partial charge in [0.2, 0.25) is 0 Å². The topological polar surface area (TPSA) is 47.3 Å². The fourth-order valence-electron chi connectivity index (χ4n) is 1.58. The van der Waals surface area contributed by atoms with Crippen molar-refractivity contribution in [2.75, 3.05) is 11.1 Å². The van der Waals surface area contributed by atoms with Gasteiger partial charge in [-0.05, 0) is 30.3 Å². The van der Waals surface area contributed by atoms with E-state index in [0.717, 1.165) is 4.47 Å². The van der Waals surface area contributed by atoms with Gasteiger partial charge < -0.3 is 15.8 Å². The number of rotatable bonds is 3. The molecule has 0 saturated carbocycles. The lowest BCUT2D eigenvalue weighted by molar-refractivity contribution is -0.274. The van der Waals surface area contributed by atoms with Crippen molar-refractivity contribution in [1.82, 2.24) is 0 Å². The van der Waals surface area contributed by atoms with E-state index in [2.05, 4.69) is 26.0 Å². The van der Waals surface area contributed by atoms with Gasteiger partial charge in [0, 0.05) is 4.47 Å². The molecule has 7 heteroatoms. The van der Waals surface area contributed by atoms with Crippen molar-refractivity contribution in [3.8, 4) is 5.75 Å². The van der Waals surface area contributed by atoms with Crippen LogP contribution in [0.1, 0.15) is 0 Å². The van der Waals surface area contributed by atoms with Crippen molar-refractivity contribution >= 4 is 33.0 Å².